The molecule has 1 aromatic carbocycles. The van der Waals surface area contributed by atoms with Crippen LogP contribution in [-0.4, -0.2) is 43.8 Å². The molecule has 0 N–H and O–H groups in total. The van der Waals surface area contributed by atoms with Crippen LogP contribution in [0.2, 0.25) is 5.02 Å². The van der Waals surface area contributed by atoms with Gasteiger partial charge in [0.15, 0.2) is 5.01 Å². The van der Waals surface area contributed by atoms with Crippen molar-refractivity contribution in [1.29, 1.82) is 0 Å². The maximum absolute atomic E-state index is 6.22. The number of aryl methyl sites for hydroxylation is 1. The number of fused-ring (bicyclic) bond motifs is 1. The Hall–Kier alpha value is -2.65. The second-order valence-corrected chi connectivity index (χ2v) is 6.52. The zero-order valence-corrected chi connectivity index (χ0v) is 15.2. The van der Waals surface area contributed by atoms with E-state index >= 15 is 0 Å². The van der Waals surface area contributed by atoms with Crippen molar-refractivity contribution in [3.8, 4) is 33.6 Å². The fourth-order valence-corrected chi connectivity index (χ4v) is 3.63. The molecule has 0 aliphatic carbocycles. The molecule has 0 unspecified atom stereocenters. The Morgan fingerprint density at radius 2 is 2.00 bits per heavy atom. The van der Waals surface area contributed by atoms with Crippen molar-refractivity contribution in [3.63, 3.8) is 0 Å². The van der Waals surface area contributed by atoms with Gasteiger partial charge in [-0.1, -0.05) is 22.9 Å². The van der Waals surface area contributed by atoms with Crippen LogP contribution in [0.25, 0.3) is 27.1 Å². The molecule has 0 saturated carbocycles. The molecule has 4 aromatic rings. The van der Waals surface area contributed by atoms with Gasteiger partial charge >= 0.3 is 0 Å². The van der Waals surface area contributed by atoms with Gasteiger partial charge in [0.1, 0.15) is 17.2 Å². The summed E-state index contributed by atoms with van der Waals surface area (Å²) in [6, 6.07) is 5.58. The third-order valence-corrected chi connectivity index (χ3v) is 4.94. The van der Waals surface area contributed by atoms with Crippen LogP contribution in [0.4, 0.5) is 0 Å². The number of halogens is 1. The van der Waals surface area contributed by atoms with E-state index in [2.05, 4.69) is 20.4 Å². The van der Waals surface area contributed by atoms with Crippen LogP contribution in [0, 0.1) is 0 Å². The SMILES string of the molecule is COc1ccc(-c2nn3c(-c4c(Cl)cnn4C)nnc3s2)c(OC)c1. The molecule has 4 rings (SSSR count). The molecule has 0 bridgehead atoms. The minimum atomic E-state index is 0.494. The number of benzene rings is 1. The summed E-state index contributed by atoms with van der Waals surface area (Å²) in [6.45, 7) is 0. The van der Waals surface area contributed by atoms with Crippen molar-refractivity contribution in [3.05, 3.63) is 29.4 Å². The first-order valence-electron chi connectivity index (χ1n) is 7.25. The predicted molar refractivity (Wildman–Crippen MR) is 94.4 cm³/mol. The van der Waals surface area contributed by atoms with Crippen molar-refractivity contribution in [2.75, 3.05) is 14.2 Å². The van der Waals surface area contributed by atoms with Crippen LogP contribution in [0.3, 0.4) is 0 Å². The molecule has 0 spiro atoms. The summed E-state index contributed by atoms with van der Waals surface area (Å²) in [5.74, 6) is 1.92. The van der Waals surface area contributed by atoms with Gasteiger partial charge in [-0.15, -0.1) is 10.2 Å². The number of hydrogen-bond donors (Lipinski definition) is 0. The van der Waals surface area contributed by atoms with Crippen LogP contribution < -0.4 is 9.47 Å². The van der Waals surface area contributed by atoms with Crippen LogP contribution >= 0.6 is 22.9 Å². The van der Waals surface area contributed by atoms with Crippen LogP contribution in [0.15, 0.2) is 24.4 Å². The lowest BCUT2D eigenvalue weighted by molar-refractivity contribution is 0.395. The molecule has 128 valence electrons. The van der Waals surface area contributed by atoms with Crippen molar-refractivity contribution < 1.29 is 9.47 Å². The zero-order chi connectivity index (χ0) is 17.6. The molecular formula is C15H13ClN6O2S. The quantitative estimate of drug-likeness (QED) is 0.545. The van der Waals surface area contributed by atoms with Gasteiger partial charge in [-0.3, -0.25) is 4.68 Å². The first kappa shape index (κ1) is 15.9. The highest BCUT2D eigenvalue weighted by molar-refractivity contribution is 7.19. The van der Waals surface area contributed by atoms with Gasteiger partial charge < -0.3 is 9.47 Å². The molecule has 3 aromatic heterocycles. The fourth-order valence-electron chi connectivity index (χ4n) is 2.51. The van der Waals surface area contributed by atoms with Gasteiger partial charge in [0, 0.05) is 13.1 Å². The van der Waals surface area contributed by atoms with Crippen LogP contribution in [0.1, 0.15) is 0 Å². The summed E-state index contributed by atoms with van der Waals surface area (Å²) in [7, 11) is 5.02. The number of rotatable bonds is 4. The number of nitrogens with zero attached hydrogens (tertiary/aromatic N) is 6. The molecule has 0 aliphatic rings. The number of methoxy groups -OCH3 is 2. The summed E-state index contributed by atoms with van der Waals surface area (Å²) in [4.78, 5) is 0.653. The summed E-state index contributed by atoms with van der Waals surface area (Å²) in [6.07, 6.45) is 1.57. The van der Waals surface area contributed by atoms with E-state index in [-0.39, 0.29) is 0 Å². The van der Waals surface area contributed by atoms with Gasteiger partial charge in [-0.05, 0) is 12.1 Å². The van der Waals surface area contributed by atoms with Crippen molar-refractivity contribution in [1.82, 2.24) is 29.6 Å². The normalized spacial score (nSPS) is 11.2. The molecule has 0 aliphatic heterocycles. The molecule has 0 radical (unpaired) electrons. The van der Waals surface area contributed by atoms with Crippen molar-refractivity contribution >= 4 is 27.9 Å². The Balaban J connectivity index is 1.86. The Bertz CT molecular complexity index is 1050. The third-order valence-electron chi connectivity index (χ3n) is 3.74. The molecule has 0 amide bonds. The Morgan fingerprint density at radius 1 is 1.16 bits per heavy atom. The van der Waals surface area contributed by atoms with Gasteiger partial charge in [-0.25, -0.2) is 0 Å². The van der Waals surface area contributed by atoms with Gasteiger partial charge in [-0.2, -0.15) is 14.7 Å². The predicted octanol–water partition coefficient (Wildman–Crippen LogP) is 2.92. The highest BCUT2D eigenvalue weighted by Crippen LogP contribution is 2.36. The second-order valence-electron chi connectivity index (χ2n) is 5.16. The number of aromatic nitrogens is 6. The maximum Gasteiger partial charge on any atom is 0.235 e. The monoisotopic (exact) mass is 376 g/mol. The molecule has 3 heterocycles. The molecule has 8 nitrogen and oxygen atoms in total. The molecular weight excluding hydrogens is 364 g/mol. The topological polar surface area (TPSA) is 79.4 Å². The van der Waals surface area contributed by atoms with E-state index < -0.39 is 0 Å². The second kappa shape index (κ2) is 6.01. The first-order chi connectivity index (χ1) is 12.1. The average molecular weight is 377 g/mol. The molecule has 0 atom stereocenters. The summed E-state index contributed by atoms with van der Waals surface area (Å²) >= 11 is 7.63. The summed E-state index contributed by atoms with van der Waals surface area (Å²) in [5, 5.41) is 18.4. The van der Waals surface area contributed by atoms with Crippen LogP contribution in [-0.2, 0) is 7.05 Å². The van der Waals surface area contributed by atoms with E-state index in [4.69, 9.17) is 21.1 Å². The highest BCUT2D eigenvalue weighted by atomic mass is 35.5. The smallest absolute Gasteiger partial charge is 0.235 e. The van der Waals surface area contributed by atoms with E-state index in [0.29, 0.717) is 33.0 Å². The lowest BCUT2D eigenvalue weighted by Crippen LogP contribution is -1.99. The highest BCUT2D eigenvalue weighted by Gasteiger charge is 2.21. The van der Waals surface area contributed by atoms with Crippen LogP contribution in [0.5, 0.6) is 11.5 Å². The minimum absolute atomic E-state index is 0.494. The molecule has 25 heavy (non-hydrogen) atoms. The largest absolute Gasteiger partial charge is 0.497 e. The number of ether oxygens (including phenoxy) is 2. The minimum Gasteiger partial charge on any atom is -0.497 e. The van der Waals surface area contributed by atoms with E-state index in [1.54, 1.807) is 36.7 Å². The standard InChI is InChI=1S/C15H13ClN6O2S/c1-21-12(10(16)7-17-21)13-18-19-15-22(13)20-14(25-15)9-5-4-8(23-2)6-11(9)24-3/h4-7H,1-3H3. The average Bonchev–Trinajstić information content (AvgIpc) is 3.29. The van der Waals surface area contributed by atoms with Gasteiger partial charge in [0.2, 0.25) is 10.8 Å². The fraction of sp³-hybridized carbons (Fsp3) is 0.200. The lowest BCUT2D eigenvalue weighted by atomic mass is 10.2. The van der Waals surface area contributed by atoms with E-state index in [1.807, 2.05) is 18.2 Å². The van der Waals surface area contributed by atoms with Crippen molar-refractivity contribution in [2.45, 2.75) is 0 Å². The Morgan fingerprint density at radius 3 is 2.68 bits per heavy atom. The molecule has 10 heteroatoms. The van der Waals surface area contributed by atoms with E-state index in [0.717, 1.165) is 10.6 Å². The Kier molecular flexibility index (Phi) is 3.81. The molecule has 0 saturated heterocycles. The first-order valence-corrected chi connectivity index (χ1v) is 8.44. The number of hydrogen-bond acceptors (Lipinski definition) is 7. The molecule has 0 fully saturated rings. The Labute approximate surface area is 151 Å². The van der Waals surface area contributed by atoms with Gasteiger partial charge in [0.05, 0.1) is 31.0 Å². The maximum atomic E-state index is 6.22. The van der Waals surface area contributed by atoms with E-state index in [9.17, 15) is 0 Å². The zero-order valence-electron chi connectivity index (χ0n) is 13.6. The summed E-state index contributed by atoms with van der Waals surface area (Å²) in [5.41, 5.74) is 1.51. The lowest BCUT2D eigenvalue weighted by Gasteiger charge is -2.07. The van der Waals surface area contributed by atoms with E-state index in [1.165, 1.54) is 11.3 Å². The van der Waals surface area contributed by atoms with Gasteiger partial charge in [0.25, 0.3) is 0 Å². The summed E-state index contributed by atoms with van der Waals surface area (Å²) < 4.78 is 14.0. The third kappa shape index (κ3) is 2.52. The van der Waals surface area contributed by atoms with Crippen molar-refractivity contribution in [2.24, 2.45) is 7.05 Å².